The second kappa shape index (κ2) is 5.84. The van der Waals surface area contributed by atoms with Crippen LogP contribution < -0.4 is 0 Å². The predicted octanol–water partition coefficient (Wildman–Crippen LogP) is 2.70. The Bertz CT molecular complexity index is 744. The monoisotopic (exact) mass is 319 g/mol. The molecule has 1 aromatic heterocycles. The van der Waals surface area contributed by atoms with Crippen LogP contribution in [0.5, 0.6) is 0 Å². The Hall–Kier alpha value is -2.28. The third-order valence-electron chi connectivity index (χ3n) is 3.27. The number of hydrogen-bond acceptors (Lipinski definition) is 5. The summed E-state index contributed by atoms with van der Waals surface area (Å²) in [5.41, 5.74) is 0.976. The minimum Gasteiger partial charge on any atom is -0.381 e. The number of nitrogens with zero attached hydrogens (tertiary/aromatic N) is 3. The number of hydrogen-bond donors (Lipinski definition) is 0. The van der Waals surface area contributed by atoms with Crippen molar-refractivity contribution >= 4 is 23.1 Å². The molecule has 1 unspecified atom stereocenters. The van der Waals surface area contributed by atoms with Crippen LogP contribution in [-0.4, -0.2) is 27.7 Å². The number of halogens is 1. The fourth-order valence-corrected chi connectivity index (χ4v) is 2.78. The Labute approximate surface area is 131 Å². The van der Waals surface area contributed by atoms with Crippen LogP contribution in [-0.2, 0) is 16.2 Å². The number of aromatic nitrogens is 1. The molecule has 0 fully saturated rings. The first-order valence-electron chi connectivity index (χ1n) is 6.77. The fraction of sp³-hybridized carbons (Fsp3) is 0.267. The molecule has 0 radical (unpaired) electrons. The third kappa shape index (κ3) is 2.71. The van der Waals surface area contributed by atoms with E-state index in [9.17, 15) is 9.18 Å². The van der Waals surface area contributed by atoms with Crippen LogP contribution >= 0.6 is 11.3 Å². The smallest absolute Gasteiger partial charge is 0.272 e. The highest BCUT2D eigenvalue weighted by molar-refractivity contribution is 7.09. The Morgan fingerprint density at radius 2 is 2.18 bits per heavy atom. The standard InChI is InChI=1S/C15H14FN3O2S/c1-9-15(20)19(7-11-8-22-10(2)17-11)14(18-21-9)12-5-3-4-6-13(12)16/h3-6,8-9H,7H2,1-2H3. The second-order valence-electron chi connectivity index (χ2n) is 4.92. The SMILES string of the molecule is Cc1nc(CN2C(=O)C(C)ON=C2c2ccccc2F)cs1. The zero-order valence-corrected chi connectivity index (χ0v) is 12.9. The molecule has 2 aromatic rings. The van der Waals surface area contributed by atoms with E-state index in [0.29, 0.717) is 0 Å². The van der Waals surface area contributed by atoms with Gasteiger partial charge in [-0.15, -0.1) is 11.3 Å². The maximum Gasteiger partial charge on any atom is 0.272 e. The summed E-state index contributed by atoms with van der Waals surface area (Å²) in [5.74, 6) is -0.544. The van der Waals surface area contributed by atoms with E-state index >= 15 is 0 Å². The van der Waals surface area contributed by atoms with Gasteiger partial charge in [0.05, 0.1) is 22.8 Å². The van der Waals surface area contributed by atoms with Crippen molar-refractivity contribution in [3.8, 4) is 0 Å². The first-order chi connectivity index (χ1) is 10.6. The van der Waals surface area contributed by atoms with Crippen LogP contribution in [0.3, 0.4) is 0 Å². The summed E-state index contributed by atoms with van der Waals surface area (Å²) in [6, 6.07) is 6.17. The lowest BCUT2D eigenvalue weighted by Gasteiger charge is -2.29. The van der Waals surface area contributed by atoms with E-state index < -0.39 is 11.9 Å². The van der Waals surface area contributed by atoms with Gasteiger partial charge < -0.3 is 4.84 Å². The number of carbonyl (C=O) groups excluding carboxylic acids is 1. The summed E-state index contributed by atoms with van der Waals surface area (Å²) in [5, 5.41) is 6.72. The normalized spacial score (nSPS) is 18.1. The maximum absolute atomic E-state index is 14.0. The topological polar surface area (TPSA) is 54.8 Å². The van der Waals surface area contributed by atoms with Crippen molar-refractivity contribution in [2.45, 2.75) is 26.5 Å². The van der Waals surface area contributed by atoms with Crippen LogP contribution in [0, 0.1) is 12.7 Å². The van der Waals surface area contributed by atoms with Gasteiger partial charge >= 0.3 is 0 Å². The average Bonchev–Trinajstić information content (AvgIpc) is 2.91. The Morgan fingerprint density at radius 3 is 2.86 bits per heavy atom. The molecule has 3 rings (SSSR count). The molecule has 0 spiro atoms. The van der Waals surface area contributed by atoms with Crippen LogP contribution in [0.1, 0.15) is 23.2 Å². The molecule has 1 aliphatic heterocycles. The van der Waals surface area contributed by atoms with E-state index in [4.69, 9.17) is 4.84 Å². The number of rotatable bonds is 3. The summed E-state index contributed by atoms with van der Waals surface area (Å²) in [7, 11) is 0. The average molecular weight is 319 g/mol. The lowest BCUT2D eigenvalue weighted by Crippen LogP contribution is -2.46. The van der Waals surface area contributed by atoms with Crippen molar-refractivity contribution in [3.63, 3.8) is 0 Å². The molecule has 22 heavy (non-hydrogen) atoms. The lowest BCUT2D eigenvalue weighted by molar-refractivity contribution is -0.142. The van der Waals surface area contributed by atoms with E-state index in [1.807, 2.05) is 12.3 Å². The molecule has 0 saturated carbocycles. The van der Waals surface area contributed by atoms with Crippen LogP contribution in [0.2, 0.25) is 0 Å². The zero-order valence-electron chi connectivity index (χ0n) is 12.1. The first kappa shape index (κ1) is 14.6. The highest BCUT2D eigenvalue weighted by atomic mass is 32.1. The summed E-state index contributed by atoms with van der Waals surface area (Å²) in [6.07, 6.45) is -0.699. The van der Waals surface area contributed by atoms with Gasteiger partial charge in [0.25, 0.3) is 5.91 Å². The van der Waals surface area contributed by atoms with Gasteiger partial charge in [-0.05, 0) is 26.0 Å². The summed E-state index contributed by atoms with van der Waals surface area (Å²) in [6.45, 7) is 3.75. The van der Waals surface area contributed by atoms with E-state index in [0.717, 1.165) is 10.7 Å². The van der Waals surface area contributed by atoms with Crippen molar-refractivity contribution in [2.24, 2.45) is 5.16 Å². The van der Waals surface area contributed by atoms with E-state index in [1.54, 1.807) is 25.1 Å². The number of benzene rings is 1. The molecular weight excluding hydrogens is 305 g/mol. The minimum atomic E-state index is -0.699. The Morgan fingerprint density at radius 1 is 1.41 bits per heavy atom. The highest BCUT2D eigenvalue weighted by Crippen LogP contribution is 2.20. The largest absolute Gasteiger partial charge is 0.381 e. The fourth-order valence-electron chi connectivity index (χ4n) is 2.18. The highest BCUT2D eigenvalue weighted by Gasteiger charge is 2.33. The van der Waals surface area contributed by atoms with Crippen LogP contribution in [0.4, 0.5) is 4.39 Å². The van der Waals surface area contributed by atoms with E-state index in [-0.39, 0.29) is 23.9 Å². The summed E-state index contributed by atoms with van der Waals surface area (Å²) < 4.78 is 14.0. The molecule has 5 nitrogen and oxygen atoms in total. The first-order valence-corrected chi connectivity index (χ1v) is 7.65. The molecule has 2 heterocycles. The number of oxime groups is 1. The van der Waals surface area contributed by atoms with Crippen molar-refractivity contribution in [1.29, 1.82) is 0 Å². The lowest BCUT2D eigenvalue weighted by atomic mass is 10.1. The van der Waals surface area contributed by atoms with Gasteiger partial charge in [-0.2, -0.15) is 0 Å². The minimum absolute atomic E-state index is 0.173. The van der Waals surface area contributed by atoms with Crippen LogP contribution in [0.15, 0.2) is 34.8 Å². The number of aryl methyl sites for hydroxylation is 1. The molecule has 0 N–H and O–H groups in total. The molecule has 1 atom stereocenters. The maximum atomic E-state index is 14.0. The predicted molar refractivity (Wildman–Crippen MR) is 80.9 cm³/mol. The number of thiazole rings is 1. The van der Waals surface area contributed by atoms with Gasteiger partial charge in [0.1, 0.15) is 5.82 Å². The number of amidine groups is 1. The molecular formula is C15H14FN3O2S. The molecule has 0 saturated heterocycles. The van der Waals surface area contributed by atoms with Gasteiger partial charge in [0.2, 0.25) is 6.10 Å². The van der Waals surface area contributed by atoms with Gasteiger partial charge in [-0.1, -0.05) is 17.3 Å². The number of carbonyl (C=O) groups is 1. The molecule has 1 aromatic carbocycles. The molecule has 0 bridgehead atoms. The zero-order chi connectivity index (χ0) is 15.7. The summed E-state index contributed by atoms with van der Waals surface area (Å²) >= 11 is 1.50. The van der Waals surface area contributed by atoms with Gasteiger partial charge in [0, 0.05) is 5.38 Å². The van der Waals surface area contributed by atoms with Crippen molar-refractivity contribution < 1.29 is 14.0 Å². The van der Waals surface area contributed by atoms with E-state index in [1.165, 1.54) is 22.3 Å². The van der Waals surface area contributed by atoms with Gasteiger partial charge in [-0.3, -0.25) is 9.69 Å². The van der Waals surface area contributed by atoms with Crippen molar-refractivity contribution in [3.05, 3.63) is 51.7 Å². The second-order valence-corrected chi connectivity index (χ2v) is 5.99. The molecule has 1 amide bonds. The van der Waals surface area contributed by atoms with Gasteiger partial charge in [0.15, 0.2) is 5.84 Å². The van der Waals surface area contributed by atoms with Crippen molar-refractivity contribution in [1.82, 2.24) is 9.88 Å². The van der Waals surface area contributed by atoms with Crippen LogP contribution in [0.25, 0.3) is 0 Å². The quantitative estimate of drug-likeness (QED) is 0.874. The third-order valence-corrected chi connectivity index (χ3v) is 4.09. The van der Waals surface area contributed by atoms with E-state index in [2.05, 4.69) is 10.1 Å². The molecule has 0 aliphatic carbocycles. The molecule has 1 aliphatic rings. The summed E-state index contributed by atoms with van der Waals surface area (Å²) in [4.78, 5) is 23.3. The number of amides is 1. The van der Waals surface area contributed by atoms with Crippen molar-refractivity contribution in [2.75, 3.05) is 0 Å². The molecule has 114 valence electrons. The van der Waals surface area contributed by atoms with Gasteiger partial charge in [-0.25, -0.2) is 9.37 Å². The Kier molecular flexibility index (Phi) is 3.89. The molecule has 7 heteroatoms. The Balaban J connectivity index is 1.98.